The van der Waals surface area contributed by atoms with Crippen molar-refractivity contribution in [3.63, 3.8) is 0 Å². The van der Waals surface area contributed by atoms with Crippen molar-refractivity contribution >= 4 is 11.6 Å². The average molecular weight is 269 g/mol. The van der Waals surface area contributed by atoms with E-state index in [1.54, 1.807) is 0 Å². The highest BCUT2D eigenvalue weighted by Crippen LogP contribution is 2.23. The van der Waals surface area contributed by atoms with Crippen LogP contribution in [0.2, 0.25) is 0 Å². The van der Waals surface area contributed by atoms with E-state index < -0.39 is 0 Å². The molecule has 20 heavy (non-hydrogen) atoms. The molecular formula is C17H19NO2. The third-order valence-electron chi connectivity index (χ3n) is 2.84. The van der Waals surface area contributed by atoms with Crippen molar-refractivity contribution in [2.45, 2.75) is 26.7 Å². The fourth-order valence-corrected chi connectivity index (χ4v) is 1.87. The molecule has 0 aliphatic carbocycles. The molecule has 104 valence electrons. The number of carbonyl (C=O) groups excluding carboxylic acids is 1. The summed E-state index contributed by atoms with van der Waals surface area (Å²) in [6.07, 6.45) is 1.39. The molecule has 0 spiro atoms. The second-order valence-electron chi connectivity index (χ2n) is 4.74. The highest BCUT2D eigenvalue weighted by atomic mass is 16.5. The van der Waals surface area contributed by atoms with Crippen molar-refractivity contribution in [3.05, 3.63) is 54.1 Å². The van der Waals surface area contributed by atoms with Crippen molar-refractivity contribution in [2.75, 3.05) is 5.32 Å². The topological polar surface area (TPSA) is 38.3 Å². The fourth-order valence-electron chi connectivity index (χ4n) is 1.87. The van der Waals surface area contributed by atoms with Gasteiger partial charge in [-0.1, -0.05) is 19.1 Å². The Morgan fingerprint density at radius 1 is 1.10 bits per heavy atom. The second-order valence-corrected chi connectivity index (χ2v) is 4.74. The van der Waals surface area contributed by atoms with Gasteiger partial charge >= 0.3 is 0 Å². The molecule has 2 rings (SSSR count). The van der Waals surface area contributed by atoms with E-state index in [0.717, 1.165) is 29.2 Å². The Morgan fingerprint density at radius 2 is 1.85 bits per heavy atom. The minimum atomic E-state index is 0.0415. The number of amides is 1. The van der Waals surface area contributed by atoms with Gasteiger partial charge in [0.25, 0.3) is 0 Å². The number of ether oxygens (including phenoxy) is 1. The number of nitrogens with one attached hydrogen (secondary N) is 1. The van der Waals surface area contributed by atoms with Gasteiger partial charge in [0.1, 0.15) is 11.5 Å². The number of carbonyl (C=O) groups is 1. The molecule has 0 saturated heterocycles. The number of aryl methyl sites for hydroxylation is 1. The molecule has 0 radical (unpaired) electrons. The van der Waals surface area contributed by atoms with Crippen LogP contribution in [-0.2, 0) is 4.79 Å². The monoisotopic (exact) mass is 269 g/mol. The lowest BCUT2D eigenvalue weighted by Gasteiger charge is -2.08. The van der Waals surface area contributed by atoms with E-state index in [1.807, 2.05) is 62.4 Å². The first-order valence-electron chi connectivity index (χ1n) is 6.82. The summed E-state index contributed by atoms with van der Waals surface area (Å²) >= 11 is 0. The molecule has 0 heterocycles. The minimum absolute atomic E-state index is 0.0415. The first-order valence-corrected chi connectivity index (χ1v) is 6.82. The maximum Gasteiger partial charge on any atom is 0.224 e. The van der Waals surface area contributed by atoms with E-state index in [1.165, 1.54) is 0 Å². The van der Waals surface area contributed by atoms with Crippen LogP contribution in [0.15, 0.2) is 48.5 Å². The van der Waals surface area contributed by atoms with E-state index in [9.17, 15) is 4.79 Å². The number of anilines is 1. The van der Waals surface area contributed by atoms with Gasteiger partial charge in [0.15, 0.2) is 0 Å². The zero-order valence-electron chi connectivity index (χ0n) is 11.8. The van der Waals surface area contributed by atoms with Crippen LogP contribution < -0.4 is 10.1 Å². The van der Waals surface area contributed by atoms with Crippen molar-refractivity contribution in [2.24, 2.45) is 0 Å². The van der Waals surface area contributed by atoms with Gasteiger partial charge < -0.3 is 10.1 Å². The Bertz CT molecular complexity index is 576. The first kappa shape index (κ1) is 14.1. The highest BCUT2D eigenvalue weighted by molar-refractivity contribution is 5.90. The van der Waals surface area contributed by atoms with Crippen molar-refractivity contribution in [3.8, 4) is 11.5 Å². The molecule has 3 heteroatoms. The van der Waals surface area contributed by atoms with Gasteiger partial charge in [0.05, 0.1) is 0 Å². The molecule has 2 aromatic rings. The van der Waals surface area contributed by atoms with Crippen LogP contribution in [0.3, 0.4) is 0 Å². The van der Waals surface area contributed by atoms with E-state index in [2.05, 4.69) is 5.32 Å². The highest BCUT2D eigenvalue weighted by Gasteiger charge is 2.02. The van der Waals surface area contributed by atoms with Crippen LogP contribution in [-0.4, -0.2) is 5.91 Å². The van der Waals surface area contributed by atoms with Crippen molar-refractivity contribution in [1.29, 1.82) is 0 Å². The fraction of sp³-hybridized carbons (Fsp3) is 0.235. The molecule has 0 atom stereocenters. The minimum Gasteiger partial charge on any atom is -0.457 e. The summed E-state index contributed by atoms with van der Waals surface area (Å²) in [5.74, 6) is 1.61. The Balaban J connectivity index is 1.99. The van der Waals surface area contributed by atoms with Gasteiger partial charge in [-0.25, -0.2) is 0 Å². The lowest BCUT2D eigenvalue weighted by molar-refractivity contribution is -0.116. The van der Waals surface area contributed by atoms with E-state index in [0.29, 0.717) is 6.42 Å². The Kier molecular flexibility index (Phi) is 4.77. The van der Waals surface area contributed by atoms with Crippen LogP contribution in [0.1, 0.15) is 25.3 Å². The molecule has 0 aliphatic heterocycles. The van der Waals surface area contributed by atoms with Crippen LogP contribution in [0.4, 0.5) is 5.69 Å². The van der Waals surface area contributed by atoms with Gasteiger partial charge in [-0.2, -0.15) is 0 Å². The Hall–Kier alpha value is -2.29. The molecule has 3 nitrogen and oxygen atoms in total. The summed E-state index contributed by atoms with van der Waals surface area (Å²) in [7, 11) is 0. The largest absolute Gasteiger partial charge is 0.457 e. The van der Waals surface area contributed by atoms with E-state index in [4.69, 9.17) is 4.74 Å². The zero-order valence-corrected chi connectivity index (χ0v) is 11.8. The summed E-state index contributed by atoms with van der Waals surface area (Å²) in [5, 5.41) is 2.85. The molecule has 0 unspecified atom stereocenters. The Labute approximate surface area is 119 Å². The quantitative estimate of drug-likeness (QED) is 0.866. The summed E-state index contributed by atoms with van der Waals surface area (Å²) in [6, 6.07) is 15.3. The summed E-state index contributed by atoms with van der Waals surface area (Å²) in [4.78, 5) is 11.5. The van der Waals surface area contributed by atoms with E-state index >= 15 is 0 Å². The third kappa shape index (κ3) is 4.12. The predicted molar refractivity (Wildman–Crippen MR) is 81.2 cm³/mol. The summed E-state index contributed by atoms with van der Waals surface area (Å²) in [5.41, 5.74) is 1.95. The summed E-state index contributed by atoms with van der Waals surface area (Å²) < 4.78 is 5.75. The molecule has 0 fully saturated rings. The number of benzene rings is 2. The van der Waals surface area contributed by atoms with Crippen LogP contribution in [0.25, 0.3) is 0 Å². The molecule has 2 aromatic carbocycles. The molecule has 0 aromatic heterocycles. The number of rotatable bonds is 5. The zero-order chi connectivity index (χ0) is 14.4. The maximum atomic E-state index is 11.5. The second kappa shape index (κ2) is 6.75. The molecule has 0 saturated carbocycles. The SMILES string of the molecule is CCCC(=O)Nc1ccc(Oc2cccc(C)c2)cc1. The third-order valence-corrected chi connectivity index (χ3v) is 2.84. The molecule has 1 amide bonds. The first-order chi connectivity index (χ1) is 9.67. The molecule has 0 bridgehead atoms. The molecule has 0 aliphatic rings. The average Bonchev–Trinajstić information content (AvgIpc) is 2.41. The lowest BCUT2D eigenvalue weighted by atomic mass is 10.2. The van der Waals surface area contributed by atoms with Gasteiger partial charge in [-0.15, -0.1) is 0 Å². The smallest absolute Gasteiger partial charge is 0.224 e. The number of hydrogen-bond donors (Lipinski definition) is 1. The number of hydrogen-bond acceptors (Lipinski definition) is 2. The van der Waals surface area contributed by atoms with Gasteiger partial charge in [-0.05, 0) is 55.3 Å². The van der Waals surface area contributed by atoms with Crippen molar-refractivity contribution < 1.29 is 9.53 Å². The Morgan fingerprint density at radius 3 is 2.50 bits per heavy atom. The summed E-state index contributed by atoms with van der Waals surface area (Å²) in [6.45, 7) is 4.01. The standard InChI is InChI=1S/C17H19NO2/c1-3-5-17(19)18-14-8-10-15(11-9-14)20-16-7-4-6-13(2)12-16/h4,6-12H,3,5H2,1-2H3,(H,18,19). The van der Waals surface area contributed by atoms with Gasteiger partial charge in [0.2, 0.25) is 5.91 Å². The molecular weight excluding hydrogens is 250 g/mol. The maximum absolute atomic E-state index is 11.5. The molecule has 1 N–H and O–H groups in total. The van der Waals surface area contributed by atoms with E-state index in [-0.39, 0.29) is 5.91 Å². The predicted octanol–water partition coefficient (Wildman–Crippen LogP) is 4.53. The normalized spacial score (nSPS) is 10.1. The lowest BCUT2D eigenvalue weighted by Crippen LogP contribution is -2.10. The van der Waals surface area contributed by atoms with Gasteiger partial charge in [-0.3, -0.25) is 4.79 Å². The van der Waals surface area contributed by atoms with Crippen LogP contribution in [0, 0.1) is 6.92 Å². The van der Waals surface area contributed by atoms with Crippen LogP contribution >= 0.6 is 0 Å². The van der Waals surface area contributed by atoms with Crippen LogP contribution in [0.5, 0.6) is 11.5 Å². The van der Waals surface area contributed by atoms with Gasteiger partial charge in [0, 0.05) is 12.1 Å². The van der Waals surface area contributed by atoms with Crippen molar-refractivity contribution in [1.82, 2.24) is 0 Å².